The van der Waals surface area contributed by atoms with E-state index in [1.165, 1.54) is 50.5 Å². The molecule has 1 fully saturated rings. The van der Waals surface area contributed by atoms with Crippen molar-refractivity contribution in [2.24, 2.45) is 11.8 Å². The van der Waals surface area contributed by atoms with Gasteiger partial charge >= 0.3 is 0 Å². The Balaban J connectivity index is 1.81. The van der Waals surface area contributed by atoms with Gasteiger partial charge in [0.05, 0.1) is 0 Å². The van der Waals surface area contributed by atoms with Crippen molar-refractivity contribution in [2.45, 2.75) is 64.3 Å². The maximum absolute atomic E-state index is 4.24. The molecule has 0 radical (unpaired) electrons. The molecule has 1 aliphatic rings. The second-order valence-electron chi connectivity index (χ2n) is 6.38. The lowest BCUT2D eigenvalue weighted by atomic mass is 9.76. The molecule has 2 rings (SSSR count). The van der Waals surface area contributed by atoms with Crippen LogP contribution in [0.4, 0.5) is 0 Å². The maximum Gasteiger partial charge on any atom is 0.0300 e. The zero-order valence-electron chi connectivity index (χ0n) is 13.1. The molecule has 2 heteroatoms. The van der Waals surface area contributed by atoms with E-state index in [0.29, 0.717) is 6.04 Å². The summed E-state index contributed by atoms with van der Waals surface area (Å²) in [5.41, 5.74) is 1.36. The average molecular weight is 274 g/mol. The van der Waals surface area contributed by atoms with Crippen LogP contribution in [0, 0.1) is 11.8 Å². The van der Waals surface area contributed by atoms with Gasteiger partial charge < -0.3 is 5.32 Å². The van der Waals surface area contributed by atoms with Crippen LogP contribution < -0.4 is 5.32 Å². The normalized spacial score (nSPS) is 24.5. The number of pyridine rings is 1. The van der Waals surface area contributed by atoms with Gasteiger partial charge in [-0.3, -0.25) is 4.98 Å². The van der Waals surface area contributed by atoms with Crippen LogP contribution in [0.15, 0.2) is 24.5 Å². The summed E-state index contributed by atoms with van der Waals surface area (Å²) in [7, 11) is 2.12. The van der Waals surface area contributed by atoms with Crippen molar-refractivity contribution in [3.63, 3.8) is 0 Å². The summed E-state index contributed by atoms with van der Waals surface area (Å²) in [5.74, 6) is 1.85. The van der Waals surface area contributed by atoms with Gasteiger partial charge in [0, 0.05) is 18.4 Å². The van der Waals surface area contributed by atoms with Gasteiger partial charge in [-0.1, -0.05) is 45.1 Å². The van der Waals surface area contributed by atoms with E-state index in [0.717, 1.165) is 18.3 Å². The number of nitrogens with one attached hydrogen (secondary N) is 1. The van der Waals surface area contributed by atoms with E-state index in [2.05, 4.69) is 30.3 Å². The standard InChI is InChI=1S/C18H30N2/c1-3-4-6-15-8-10-17(11-9-15)18(19-2)13-16-7-5-12-20-14-16/h5,7,12,14-15,17-19H,3-4,6,8-11,13H2,1-2H3. The Hall–Kier alpha value is -0.890. The highest BCUT2D eigenvalue weighted by Gasteiger charge is 2.26. The molecule has 1 N–H and O–H groups in total. The minimum absolute atomic E-state index is 0.617. The average Bonchev–Trinajstić information content (AvgIpc) is 2.52. The number of likely N-dealkylation sites (N-methyl/N-ethyl adjacent to an activating group) is 1. The zero-order valence-corrected chi connectivity index (χ0v) is 13.1. The van der Waals surface area contributed by atoms with E-state index in [4.69, 9.17) is 0 Å². The van der Waals surface area contributed by atoms with Gasteiger partial charge in [-0.2, -0.15) is 0 Å². The first kappa shape index (κ1) is 15.5. The molecule has 20 heavy (non-hydrogen) atoms. The second-order valence-corrected chi connectivity index (χ2v) is 6.38. The summed E-state index contributed by atoms with van der Waals surface area (Å²) in [5, 5.41) is 3.55. The third-order valence-electron chi connectivity index (χ3n) is 4.98. The van der Waals surface area contributed by atoms with Gasteiger partial charge in [0.25, 0.3) is 0 Å². The first-order valence-corrected chi connectivity index (χ1v) is 8.39. The lowest BCUT2D eigenvalue weighted by Gasteiger charge is -2.34. The van der Waals surface area contributed by atoms with E-state index in [1.54, 1.807) is 0 Å². The third-order valence-corrected chi connectivity index (χ3v) is 4.98. The van der Waals surface area contributed by atoms with Crippen molar-refractivity contribution >= 4 is 0 Å². The van der Waals surface area contributed by atoms with Gasteiger partial charge in [-0.15, -0.1) is 0 Å². The van der Waals surface area contributed by atoms with Crippen LogP contribution in [0.1, 0.15) is 57.4 Å². The van der Waals surface area contributed by atoms with Crippen LogP contribution in [-0.2, 0) is 6.42 Å². The number of unbranched alkanes of at least 4 members (excludes halogenated alkanes) is 1. The maximum atomic E-state index is 4.24. The van der Waals surface area contributed by atoms with Crippen molar-refractivity contribution in [3.8, 4) is 0 Å². The van der Waals surface area contributed by atoms with Crippen LogP contribution in [0.25, 0.3) is 0 Å². The lowest BCUT2D eigenvalue weighted by molar-refractivity contribution is 0.216. The van der Waals surface area contributed by atoms with E-state index in [-0.39, 0.29) is 0 Å². The fourth-order valence-electron chi connectivity index (χ4n) is 3.65. The number of aromatic nitrogens is 1. The second kappa shape index (κ2) is 8.41. The fourth-order valence-corrected chi connectivity index (χ4v) is 3.65. The monoisotopic (exact) mass is 274 g/mol. The van der Waals surface area contributed by atoms with Crippen molar-refractivity contribution in [3.05, 3.63) is 30.1 Å². The van der Waals surface area contributed by atoms with E-state index in [1.807, 2.05) is 18.5 Å². The quantitative estimate of drug-likeness (QED) is 0.805. The topological polar surface area (TPSA) is 24.9 Å². The molecule has 1 unspecified atom stereocenters. The summed E-state index contributed by atoms with van der Waals surface area (Å²) >= 11 is 0. The first-order valence-electron chi connectivity index (χ1n) is 8.39. The van der Waals surface area contributed by atoms with Gasteiger partial charge in [0.1, 0.15) is 0 Å². The van der Waals surface area contributed by atoms with Crippen LogP contribution >= 0.6 is 0 Å². The zero-order chi connectivity index (χ0) is 14.2. The van der Waals surface area contributed by atoms with Crippen molar-refractivity contribution in [1.29, 1.82) is 0 Å². The number of nitrogens with zero attached hydrogens (tertiary/aromatic N) is 1. The molecule has 1 atom stereocenters. The van der Waals surface area contributed by atoms with E-state index in [9.17, 15) is 0 Å². The Morgan fingerprint density at radius 3 is 2.70 bits per heavy atom. The Morgan fingerprint density at radius 2 is 2.10 bits per heavy atom. The molecule has 0 aromatic carbocycles. The summed E-state index contributed by atoms with van der Waals surface area (Å²) in [6.07, 6.45) is 14.9. The Labute approximate surface area is 124 Å². The molecule has 1 aromatic rings. The molecule has 0 spiro atoms. The van der Waals surface area contributed by atoms with Crippen LogP contribution in [0.5, 0.6) is 0 Å². The molecule has 1 saturated carbocycles. The Kier molecular flexibility index (Phi) is 6.52. The Bertz CT molecular complexity index is 355. The number of hydrogen-bond donors (Lipinski definition) is 1. The van der Waals surface area contributed by atoms with Gasteiger partial charge in [0.15, 0.2) is 0 Å². The van der Waals surface area contributed by atoms with Crippen molar-refractivity contribution in [1.82, 2.24) is 10.3 Å². The molecule has 1 aromatic heterocycles. The summed E-state index contributed by atoms with van der Waals surface area (Å²) in [6, 6.07) is 4.86. The molecule has 1 heterocycles. The SMILES string of the molecule is CCCCC1CCC(C(Cc2cccnc2)NC)CC1. The minimum atomic E-state index is 0.617. The highest BCUT2D eigenvalue weighted by molar-refractivity contribution is 5.10. The number of rotatable bonds is 7. The molecular weight excluding hydrogens is 244 g/mol. The smallest absolute Gasteiger partial charge is 0.0300 e. The molecule has 0 amide bonds. The van der Waals surface area contributed by atoms with Crippen LogP contribution in [0.2, 0.25) is 0 Å². The van der Waals surface area contributed by atoms with Crippen molar-refractivity contribution < 1.29 is 0 Å². The predicted molar refractivity (Wildman–Crippen MR) is 85.8 cm³/mol. The molecule has 1 aliphatic carbocycles. The lowest BCUT2D eigenvalue weighted by Crippen LogP contribution is -2.37. The summed E-state index contributed by atoms with van der Waals surface area (Å²) < 4.78 is 0. The summed E-state index contributed by atoms with van der Waals surface area (Å²) in [4.78, 5) is 4.24. The molecule has 0 bridgehead atoms. The fraction of sp³-hybridized carbons (Fsp3) is 0.722. The molecular formula is C18H30N2. The highest BCUT2D eigenvalue weighted by Crippen LogP contribution is 2.34. The van der Waals surface area contributed by atoms with Crippen LogP contribution in [-0.4, -0.2) is 18.1 Å². The van der Waals surface area contributed by atoms with Crippen LogP contribution in [0.3, 0.4) is 0 Å². The van der Waals surface area contributed by atoms with Crippen molar-refractivity contribution in [2.75, 3.05) is 7.05 Å². The van der Waals surface area contributed by atoms with Gasteiger partial charge in [0.2, 0.25) is 0 Å². The van der Waals surface area contributed by atoms with Gasteiger partial charge in [-0.05, 0) is 49.8 Å². The van der Waals surface area contributed by atoms with Gasteiger partial charge in [-0.25, -0.2) is 0 Å². The predicted octanol–water partition coefficient (Wildman–Crippen LogP) is 4.21. The molecule has 0 aliphatic heterocycles. The summed E-state index contributed by atoms with van der Waals surface area (Å²) in [6.45, 7) is 2.30. The highest BCUT2D eigenvalue weighted by atomic mass is 14.9. The first-order chi connectivity index (χ1) is 9.83. The molecule has 0 saturated heterocycles. The number of hydrogen-bond acceptors (Lipinski definition) is 2. The molecule has 2 nitrogen and oxygen atoms in total. The minimum Gasteiger partial charge on any atom is -0.316 e. The van der Waals surface area contributed by atoms with E-state index >= 15 is 0 Å². The Morgan fingerprint density at radius 1 is 1.30 bits per heavy atom. The van der Waals surface area contributed by atoms with E-state index < -0.39 is 0 Å². The molecule has 112 valence electrons. The largest absolute Gasteiger partial charge is 0.316 e. The third kappa shape index (κ3) is 4.59.